The predicted molar refractivity (Wildman–Crippen MR) is 109 cm³/mol. The summed E-state index contributed by atoms with van der Waals surface area (Å²) in [7, 11) is 0. The number of hydrogen-bond donors (Lipinski definition) is 1. The van der Waals surface area contributed by atoms with E-state index < -0.39 is 46.8 Å². The van der Waals surface area contributed by atoms with E-state index in [1.165, 1.54) is 9.47 Å². The van der Waals surface area contributed by atoms with Crippen LogP contribution in [0.4, 0.5) is 27.6 Å². The molecule has 4 rings (SSSR count). The highest BCUT2D eigenvalue weighted by Crippen LogP contribution is 2.47. The molecule has 2 aliphatic heterocycles. The Bertz CT molecular complexity index is 1230. The lowest BCUT2D eigenvalue weighted by Crippen LogP contribution is -2.44. The third-order valence-corrected chi connectivity index (χ3v) is 6.71. The second-order valence-electron chi connectivity index (χ2n) is 7.64. The molecule has 1 amide bonds. The molecule has 2 atom stereocenters. The summed E-state index contributed by atoms with van der Waals surface area (Å²) in [4.78, 5) is 37.6. The van der Waals surface area contributed by atoms with Crippen molar-refractivity contribution in [2.45, 2.75) is 42.9 Å². The van der Waals surface area contributed by atoms with E-state index in [1.54, 1.807) is 13.8 Å². The summed E-state index contributed by atoms with van der Waals surface area (Å²) in [5, 5.41) is 1.32. The molecule has 1 aromatic heterocycles. The van der Waals surface area contributed by atoms with Crippen molar-refractivity contribution in [3.05, 3.63) is 33.5 Å². The van der Waals surface area contributed by atoms with Crippen LogP contribution in [0.1, 0.15) is 36.0 Å². The van der Waals surface area contributed by atoms with Crippen molar-refractivity contribution >= 4 is 40.2 Å². The zero-order chi connectivity index (χ0) is 24.2. The minimum absolute atomic E-state index is 0.00947. The number of benzene rings is 1. The number of aromatic nitrogens is 1. The first-order valence-corrected chi connectivity index (χ1v) is 10.9. The quantitative estimate of drug-likeness (QED) is 0.522. The van der Waals surface area contributed by atoms with Gasteiger partial charge in [-0.15, -0.1) is 0 Å². The molecule has 2 aromatic rings. The average Bonchev–Trinajstić information content (AvgIpc) is 3.16. The van der Waals surface area contributed by atoms with Crippen molar-refractivity contribution in [3.63, 3.8) is 0 Å². The van der Waals surface area contributed by atoms with Gasteiger partial charge in [-0.25, -0.2) is 13.6 Å². The number of carbonyl (C=O) groups is 2. The topological polar surface area (TPSA) is 80.6 Å². The van der Waals surface area contributed by atoms with Gasteiger partial charge < -0.3 is 19.5 Å². The number of halogens is 5. The van der Waals surface area contributed by atoms with Crippen molar-refractivity contribution in [2.24, 2.45) is 0 Å². The maximum absolute atomic E-state index is 15.6. The van der Waals surface area contributed by atoms with Crippen molar-refractivity contribution in [2.75, 3.05) is 24.6 Å². The Balaban J connectivity index is 1.77. The SMILES string of the molecule is CCOC(=O)c1c2n(c3c(F)c(N4CCC(NC(=O)C(F)(F)F)C4)c(F)cc3c1=O)C(C)S2. The number of fused-ring (bicyclic) bond motifs is 3. The number of nitrogens with zero attached hydrogens (tertiary/aromatic N) is 2. The fourth-order valence-electron chi connectivity index (χ4n) is 4.11. The molecule has 3 heterocycles. The molecule has 0 bridgehead atoms. The number of alkyl halides is 3. The van der Waals surface area contributed by atoms with Gasteiger partial charge in [0.15, 0.2) is 5.82 Å². The summed E-state index contributed by atoms with van der Waals surface area (Å²) >= 11 is 1.16. The van der Waals surface area contributed by atoms with Crippen molar-refractivity contribution in [1.29, 1.82) is 0 Å². The van der Waals surface area contributed by atoms with Crippen LogP contribution in [0.15, 0.2) is 15.9 Å². The molecule has 1 saturated heterocycles. The zero-order valence-electron chi connectivity index (χ0n) is 17.4. The van der Waals surface area contributed by atoms with Crippen molar-refractivity contribution < 1.29 is 36.3 Å². The first-order valence-electron chi connectivity index (χ1n) is 10.0. The maximum Gasteiger partial charge on any atom is 0.471 e. The van der Waals surface area contributed by atoms with Crippen LogP contribution in [-0.4, -0.2) is 48.4 Å². The molecule has 13 heteroatoms. The first-order chi connectivity index (χ1) is 15.5. The minimum atomic E-state index is -5.07. The van der Waals surface area contributed by atoms with Gasteiger partial charge in [-0.05, 0) is 26.3 Å². The number of anilines is 1. The summed E-state index contributed by atoms with van der Waals surface area (Å²) in [5.41, 5.74) is -1.87. The average molecular weight is 491 g/mol. The van der Waals surface area contributed by atoms with E-state index >= 15 is 8.78 Å². The third-order valence-electron chi connectivity index (χ3n) is 5.54. The molecule has 1 fully saturated rings. The smallest absolute Gasteiger partial charge is 0.462 e. The van der Waals surface area contributed by atoms with Gasteiger partial charge in [0.1, 0.15) is 17.1 Å². The number of hydrogen-bond acceptors (Lipinski definition) is 6. The number of esters is 1. The number of rotatable bonds is 4. The van der Waals surface area contributed by atoms with Crippen LogP contribution < -0.4 is 15.6 Å². The van der Waals surface area contributed by atoms with Crippen LogP contribution >= 0.6 is 11.8 Å². The second-order valence-corrected chi connectivity index (χ2v) is 8.94. The lowest BCUT2D eigenvalue weighted by Gasteiger charge is -2.33. The van der Waals surface area contributed by atoms with Gasteiger partial charge in [-0.2, -0.15) is 13.2 Å². The van der Waals surface area contributed by atoms with E-state index in [0.29, 0.717) is 0 Å². The Hall–Kier alpha value is -2.83. The molecule has 0 aliphatic carbocycles. The van der Waals surface area contributed by atoms with Gasteiger partial charge >= 0.3 is 18.1 Å². The van der Waals surface area contributed by atoms with E-state index in [-0.39, 0.29) is 53.0 Å². The van der Waals surface area contributed by atoms with Gasteiger partial charge in [0, 0.05) is 19.1 Å². The van der Waals surface area contributed by atoms with Crippen LogP contribution in [0.2, 0.25) is 0 Å². The Morgan fingerprint density at radius 1 is 1.30 bits per heavy atom. The fraction of sp³-hybridized carbons (Fsp3) is 0.450. The van der Waals surface area contributed by atoms with Crippen LogP contribution in [0.3, 0.4) is 0 Å². The Kier molecular flexibility index (Phi) is 5.79. The standard InChI is InChI=1S/C20H18F5N3O4S/c1-3-32-18(30)12-16(29)10-6-11(21)15(13(22)14(10)28-8(2)33-17(12)28)27-5-4-9(7-27)26-19(31)20(23,24)25/h6,8-9H,3-5,7H2,1-2H3,(H,26,31). The van der Waals surface area contributed by atoms with E-state index in [0.717, 1.165) is 17.8 Å². The zero-order valence-corrected chi connectivity index (χ0v) is 18.2. The molecule has 33 heavy (non-hydrogen) atoms. The number of thioether (sulfide) groups is 1. The minimum Gasteiger partial charge on any atom is -0.462 e. The lowest BCUT2D eigenvalue weighted by atomic mass is 10.1. The summed E-state index contributed by atoms with van der Waals surface area (Å²) < 4.78 is 74.5. The number of ether oxygens (including phenoxy) is 1. The Morgan fingerprint density at radius 2 is 2.00 bits per heavy atom. The normalized spacial score (nSPS) is 19.9. The molecule has 2 aliphatic rings. The third kappa shape index (κ3) is 3.81. The molecule has 0 saturated carbocycles. The molecule has 0 radical (unpaired) electrons. The molecule has 2 unspecified atom stereocenters. The summed E-state index contributed by atoms with van der Waals surface area (Å²) in [5.74, 6) is -5.18. The lowest BCUT2D eigenvalue weighted by molar-refractivity contribution is -0.174. The highest BCUT2D eigenvalue weighted by Gasteiger charge is 2.41. The van der Waals surface area contributed by atoms with Gasteiger partial charge in [0.05, 0.1) is 27.9 Å². The molecular weight excluding hydrogens is 473 g/mol. The summed E-state index contributed by atoms with van der Waals surface area (Å²) in [6.45, 7) is 3.02. The second kappa shape index (κ2) is 8.19. The number of amides is 1. The molecule has 178 valence electrons. The van der Waals surface area contributed by atoms with E-state index in [1.807, 2.05) is 5.32 Å². The van der Waals surface area contributed by atoms with Gasteiger partial charge in [0.2, 0.25) is 5.43 Å². The molecular formula is C20H18F5N3O4S. The van der Waals surface area contributed by atoms with Gasteiger partial charge in [-0.3, -0.25) is 9.59 Å². The Morgan fingerprint density at radius 3 is 2.61 bits per heavy atom. The van der Waals surface area contributed by atoms with Crippen molar-refractivity contribution in [3.8, 4) is 0 Å². The van der Waals surface area contributed by atoms with E-state index in [4.69, 9.17) is 4.74 Å². The van der Waals surface area contributed by atoms with Crippen LogP contribution in [0.5, 0.6) is 0 Å². The summed E-state index contributed by atoms with van der Waals surface area (Å²) in [6, 6.07) is -0.136. The molecule has 7 nitrogen and oxygen atoms in total. The number of carbonyl (C=O) groups excluding carboxylic acids is 2. The summed E-state index contributed by atoms with van der Waals surface area (Å²) in [6.07, 6.45) is -5.02. The van der Waals surface area contributed by atoms with E-state index in [2.05, 4.69) is 0 Å². The first kappa shape index (κ1) is 23.3. The number of pyridine rings is 1. The Labute approximate surface area is 187 Å². The number of nitrogens with one attached hydrogen (secondary N) is 1. The van der Waals surface area contributed by atoms with Gasteiger partial charge in [0.25, 0.3) is 0 Å². The van der Waals surface area contributed by atoms with Crippen LogP contribution in [0.25, 0.3) is 10.9 Å². The highest BCUT2D eigenvalue weighted by molar-refractivity contribution is 8.00. The van der Waals surface area contributed by atoms with E-state index in [9.17, 15) is 27.6 Å². The molecule has 1 aromatic carbocycles. The maximum atomic E-state index is 15.6. The van der Waals surface area contributed by atoms with Crippen molar-refractivity contribution in [1.82, 2.24) is 9.88 Å². The molecule has 0 spiro atoms. The predicted octanol–water partition coefficient (Wildman–Crippen LogP) is 3.34. The largest absolute Gasteiger partial charge is 0.471 e. The fourth-order valence-corrected chi connectivity index (χ4v) is 5.25. The van der Waals surface area contributed by atoms with Crippen LogP contribution in [-0.2, 0) is 9.53 Å². The van der Waals surface area contributed by atoms with Gasteiger partial charge in [-0.1, -0.05) is 11.8 Å². The highest BCUT2D eigenvalue weighted by atomic mass is 32.2. The van der Waals surface area contributed by atoms with Crippen LogP contribution in [0, 0.1) is 11.6 Å². The molecule has 1 N–H and O–H groups in total. The monoisotopic (exact) mass is 491 g/mol.